The lowest BCUT2D eigenvalue weighted by Gasteiger charge is -2.41. The quantitative estimate of drug-likeness (QED) is 0.663. The number of rotatable bonds is 5. The van der Waals surface area contributed by atoms with Crippen molar-refractivity contribution in [1.82, 2.24) is 4.90 Å². The van der Waals surface area contributed by atoms with Crippen LogP contribution >= 0.6 is 0 Å². The standard InChI is InChI=1S/C15H31N/c1-10-14(16(9)11(2)3)12(4)13(5)15(6,7)8/h12-14H,2,10H2,1,3-9H3. The second-order valence-electron chi connectivity index (χ2n) is 6.34. The Morgan fingerprint density at radius 1 is 1.25 bits per heavy atom. The maximum atomic E-state index is 4.05. The minimum atomic E-state index is 0.378. The molecule has 3 atom stereocenters. The number of nitrogens with zero attached hydrogens (tertiary/aromatic N) is 1. The molecule has 0 rings (SSSR count). The zero-order valence-corrected chi connectivity index (χ0v) is 12.6. The van der Waals surface area contributed by atoms with Gasteiger partial charge >= 0.3 is 0 Å². The third kappa shape index (κ3) is 3.84. The van der Waals surface area contributed by atoms with Crippen LogP contribution in [0.5, 0.6) is 0 Å². The van der Waals surface area contributed by atoms with Gasteiger partial charge in [0.05, 0.1) is 0 Å². The van der Waals surface area contributed by atoms with Gasteiger partial charge in [0.25, 0.3) is 0 Å². The molecule has 96 valence electrons. The summed E-state index contributed by atoms with van der Waals surface area (Å²) in [5, 5.41) is 0. The van der Waals surface area contributed by atoms with Gasteiger partial charge < -0.3 is 4.90 Å². The van der Waals surface area contributed by atoms with E-state index in [9.17, 15) is 0 Å². The molecule has 0 N–H and O–H groups in total. The fourth-order valence-electron chi connectivity index (χ4n) is 2.40. The van der Waals surface area contributed by atoms with Gasteiger partial charge in [-0.15, -0.1) is 0 Å². The van der Waals surface area contributed by atoms with Crippen LogP contribution < -0.4 is 0 Å². The zero-order valence-electron chi connectivity index (χ0n) is 12.6. The molecule has 0 amide bonds. The molecule has 0 aromatic heterocycles. The van der Waals surface area contributed by atoms with Crippen molar-refractivity contribution >= 4 is 0 Å². The summed E-state index contributed by atoms with van der Waals surface area (Å²) in [5.41, 5.74) is 1.54. The van der Waals surface area contributed by atoms with E-state index in [4.69, 9.17) is 0 Å². The second-order valence-corrected chi connectivity index (χ2v) is 6.34. The van der Waals surface area contributed by atoms with E-state index in [1.165, 1.54) is 12.1 Å². The van der Waals surface area contributed by atoms with Crippen molar-refractivity contribution < 1.29 is 0 Å². The number of hydrogen-bond acceptors (Lipinski definition) is 1. The Bertz CT molecular complexity index is 224. The largest absolute Gasteiger partial charge is 0.375 e. The molecule has 0 spiro atoms. The van der Waals surface area contributed by atoms with Gasteiger partial charge in [-0.25, -0.2) is 0 Å². The molecule has 0 fully saturated rings. The number of allylic oxidation sites excluding steroid dienone is 1. The van der Waals surface area contributed by atoms with Crippen LogP contribution in [0, 0.1) is 17.3 Å². The van der Waals surface area contributed by atoms with Gasteiger partial charge in [-0.05, 0) is 30.6 Å². The van der Waals surface area contributed by atoms with E-state index in [-0.39, 0.29) is 0 Å². The normalized spacial score (nSPS) is 17.8. The van der Waals surface area contributed by atoms with Crippen molar-refractivity contribution in [3.63, 3.8) is 0 Å². The molecular weight excluding hydrogens is 194 g/mol. The molecule has 16 heavy (non-hydrogen) atoms. The summed E-state index contributed by atoms with van der Waals surface area (Å²) in [6.45, 7) is 20.2. The van der Waals surface area contributed by atoms with Crippen molar-refractivity contribution in [2.24, 2.45) is 17.3 Å². The van der Waals surface area contributed by atoms with E-state index in [0.717, 1.165) is 0 Å². The van der Waals surface area contributed by atoms with E-state index < -0.39 is 0 Å². The van der Waals surface area contributed by atoms with Crippen LogP contribution in [0.1, 0.15) is 54.9 Å². The average molecular weight is 225 g/mol. The lowest BCUT2D eigenvalue weighted by atomic mass is 9.72. The lowest BCUT2D eigenvalue weighted by molar-refractivity contribution is 0.107. The molecule has 0 aliphatic rings. The maximum absolute atomic E-state index is 4.05. The Labute approximate surface area is 103 Å². The van der Waals surface area contributed by atoms with Crippen LogP contribution in [0.2, 0.25) is 0 Å². The van der Waals surface area contributed by atoms with E-state index >= 15 is 0 Å². The van der Waals surface area contributed by atoms with Crippen LogP contribution in [0.15, 0.2) is 12.3 Å². The van der Waals surface area contributed by atoms with Crippen LogP contribution in [0.25, 0.3) is 0 Å². The highest BCUT2D eigenvalue weighted by molar-refractivity contribution is 4.93. The fourth-order valence-corrected chi connectivity index (χ4v) is 2.40. The average Bonchev–Trinajstić information content (AvgIpc) is 2.15. The molecule has 1 heteroatoms. The van der Waals surface area contributed by atoms with Crippen molar-refractivity contribution in [2.75, 3.05) is 7.05 Å². The first-order valence-electron chi connectivity index (χ1n) is 6.51. The highest BCUT2D eigenvalue weighted by Crippen LogP contribution is 2.35. The summed E-state index contributed by atoms with van der Waals surface area (Å²) < 4.78 is 0. The first-order valence-corrected chi connectivity index (χ1v) is 6.51. The molecule has 0 aromatic rings. The first kappa shape index (κ1) is 15.5. The van der Waals surface area contributed by atoms with E-state index in [1.807, 2.05) is 0 Å². The van der Waals surface area contributed by atoms with Crippen molar-refractivity contribution in [3.05, 3.63) is 12.3 Å². The SMILES string of the molecule is C=C(C)N(C)C(CC)C(C)C(C)C(C)(C)C. The Hall–Kier alpha value is -0.460. The minimum absolute atomic E-state index is 0.378. The molecule has 0 aliphatic heterocycles. The molecule has 3 unspecified atom stereocenters. The third-order valence-corrected chi connectivity index (χ3v) is 4.28. The van der Waals surface area contributed by atoms with Crippen molar-refractivity contribution in [2.45, 2.75) is 60.9 Å². The van der Waals surface area contributed by atoms with Gasteiger partial charge in [0.2, 0.25) is 0 Å². The minimum Gasteiger partial charge on any atom is -0.375 e. The van der Waals surface area contributed by atoms with Crippen LogP contribution in [0.3, 0.4) is 0 Å². The highest BCUT2D eigenvalue weighted by Gasteiger charge is 2.31. The van der Waals surface area contributed by atoms with E-state index in [1.54, 1.807) is 0 Å². The van der Waals surface area contributed by atoms with Crippen molar-refractivity contribution in [1.29, 1.82) is 0 Å². The number of hydrogen-bond donors (Lipinski definition) is 0. The maximum Gasteiger partial charge on any atom is 0.0309 e. The topological polar surface area (TPSA) is 3.24 Å². The van der Waals surface area contributed by atoms with Crippen LogP contribution in [-0.2, 0) is 0 Å². The zero-order chi connectivity index (χ0) is 13.1. The monoisotopic (exact) mass is 225 g/mol. The molecular formula is C15H31N. The Morgan fingerprint density at radius 2 is 1.69 bits per heavy atom. The molecule has 0 heterocycles. The van der Waals surface area contributed by atoms with Crippen LogP contribution in [0.4, 0.5) is 0 Å². The van der Waals surface area contributed by atoms with Gasteiger partial charge in [-0.2, -0.15) is 0 Å². The van der Waals surface area contributed by atoms with E-state index in [0.29, 0.717) is 23.3 Å². The third-order valence-electron chi connectivity index (χ3n) is 4.28. The molecule has 0 radical (unpaired) electrons. The predicted octanol–water partition coefficient (Wildman–Crippen LogP) is 4.55. The smallest absolute Gasteiger partial charge is 0.0309 e. The highest BCUT2D eigenvalue weighted by atomic mass is 15.1. The van der Waals surface area contributed by atoms with E-state index in [2.05, 4.69) is 67.0 Å². The first-order chi connectivity index (χ1) is 7.12. The molecule has 0 aromatic carbocycles. The van der Waals surface area contributed by atoms with Gasteiger partial charge in [0.1, 0.15) is 0 Å². The summed E-state index contributed by atoms with van der Waals surface area (Å²) in [5.74, 6) is 1.39. The fraction of sp³-hybridized carbons (Fsp3) is 0.867. The Balaban J connectivity index is 4.78. The summed E-state index contributed by atoms with van der Waals surface area (Å²) in [4.78, 5) is 2.34. The predicted molar refractivity (Wildman–Crippen MR) is 74.4 cm³/mol. The van der Waals surface area contributed by atoms with Gasteiger partial charge in [0.15, 0.2) is 0 Å². The summed E-state index contributed by atoms with van der Waals surface area (Å²) in [6.07, 6.45) is 1.19. The summed E-state index contributed by atoms with van der Waals surface area (Å²) >= 11 is 0. The van der Waals surface area contributed by atoms with Gasteiger partial charge in [-0.1, -0.05) is 48.1 Å². The summed E-state index contributed by atoms with van der Waals surface area (Å²) in [6, 6.07) is 0.603. The van der Waals surface area contributed by atoms with Gasteiger partial charge in [0, 0.05) is 18.8 Å². The van der Waals surface area contributed by atoms with Gasteiger partial charge in [-0.3, -0.25) is 0 Å². The molecule has 0 saturated carbocycles. The second kappa shape index (κ2) is 5.75. The lowest BCUT2D eigenvalue weighted by Crippen LogP contribution is -2.40. The molecule has 0 bridgehead atoms. The Morgan fingerprint density at radius 3 is 1.94 bits per heavy atom. The van der Waals surface area contributed by atoms with Crippen molar-refractivity contribution in [3.8, 4) is 0 Å². The summed E-state index contributed by atoms with van der Waals surface area (Å²) in [7, 11) is 2.17. The molecule has 0 saturated heterocycles. The van der Waals surface area contributed by atoms with Crippen LogP contribution in [-0.4, -0.2) is 18.0 Å². The molecule has 0 aliphatic carbocycles. The Kier molecular flexibility index (Phi) is 5.58. The molecule has 1 nitrogen and oxygen atoms in total.